The van der Waals surface area contributed by atoms with Crippen LogP contribution in [0.4, 0.5) is 10.5 Å². The molecule has 1 aliphatic heterocycles. The Morgan fingerprint density at radius 2 is 2.04 bits per heavy atom. The largest absolute Gasteiger partial charge is 0.334 e. The van der Waals surface area contributed by atoms with Gasteiger partial charge >= 0.3 is 6.03 Å². The molecule has 2 heterocycles. The third-order valence-electron chi connectivity index (χ3n) is 4.50. The summed E-state index contributed by atoms with van der Waals surface area (Å²) >= 11 is 5.87. The van der Waals surface area contributed by atoms with Gasteiger partial charge in [-0.25, -0.2) is 9.78 Å². The Bertz CT molecular complexity index is 933. The third-order valence-corrected chi connectivity index (χ3v) is 4.75. The Kier molecular flexibility index (Phi) is 4.63. The van der Waals surface area contributed by atoms with Crippen molar-refractivity contribution in [3.63, 3.8) is 0 Å². The second kappa shape index (κ2) is 7.22. The molecule has 0 unspecified atom stereocenters. The van der Waals surface area contributed by atoms with E-state index in [0.29, 0.717) is 11.6 Å². The lowest BCUT2D eigenvalue weighted by atomic mass is 10.1. The van der Waals surface area contributed by atoms with E-state index in [4.69, 9.17) is 11.6 Å². The van der Waals surface area contributed by atoms with Gasteiger partial charge in [0, 0.05) is 35.8 Å². The molecular formula is C20H19ClN4O. The monoisotopic (exact) mass is 366 g/mol. The summed E-state index contributed by atoms with van der Waals surface area (Å²) in [7, 11) is 0. The minimum absolute atomic E-state index is 0.240. The Morgan fingerprint density at radius 1 is 1.19 bits per heavy atom. The van der Waals surface area contributed by atoms with Gasteiger partial charge in [-0.3, -0.25) is 0 Å². The zero-order chi connectivity index (χ0) is 17.9. The van der Waals surface area contributed by atoms with Crippen LogP contribution in [0.25, 0.3) is 11.3 Å². The van der Waals surface area contributed by atoms with Gasteiger partial charge in [0.15, 0.2) is 0 Å². The number of carbonyl (C=O) groups is 1. The van der Waals surface area contributed by atoms with Crippen LogP contribution >= 0.6 is 11.6 Å². The average Bonchev–Trinajstić information content (AvgIpc) is 3.25. The number of carbonyl (C=O) groups excluding carboxylic acids is 1. The van der Waals surface area contributed by atoms with Crippen LogP contribution in [0.2, 0.25) is 5.02 Å². The van der Waals surface area contributed by atoms with E-state index in [2.05, 4.69) is 20.2 Å². The summed E-state index contributed by atoms with van der Waals surface area (Å²) in [4.78, 5) is 16.7. The summed E-state index contributed by atoms with van der Waals surface area (Å²) in [5.41, 5.74) is 3.90. The molecule has 4 rings (SSSR count). The number of urea groups is 1. The number of amides is 2. The average molecular weight is 367 g/mol. The number of nitrogens with one attached hydrogen (secondary N) is 2. The number of nitrogens with zero attached hydrogens (tertiary/aromatic N) is 2. The Balaban J connectivity index is 1.42. The molecule has 0 saturated heterocycles. The highest BCUT2D eigenvalue weighted by Crippen LogP contribution is 2.27. The van der Waals surface area contributed by atoms with Gasteiger partial charge in [0.25, 0.3) is 0 Å². The van der Waals surface area contributed by atoms with E-state index in [1.54, 1.807) is 0 Å². The SMILES string of the molecule is O=C(NCc1ccc(Cl)cc1)Nc1cccc(-c2cnc3n2CCC3)c1. The van der Waals surface area contributed by atoms with Crippen molar-refractivity contribution in [2.45, 2.75) is 25.9 Å². The van der Waals surface area contributed by atoms with Crippen molar-refractivity contribution in [1.29, 1.82) is 0 Å². The minimum Gasteiger partial charge on any atom is -0.334 e. The number of benzene rings is 2. The minimum atomic E-state index is -0.240. The number of anilines is 1. The predicted octanol–water partition coefficient (Wildman–Crippen LogP) is 4.47. The molecule has 26 heavy (non-hydrogen) atoms. The number of hydrogen-bond acceptors (Lipinski definition) is 2. The lowest BCUT2D eigenvalue weighted by Gasteiger charge is -2.10. The first kappa shape index (κ1) is 16.7. The van der Waals surface area contributed by atoms with E-state index in [9.17, 15) is 4.79 Å². The summed E-state index contributed by atoms with van der Waals surface area (Å²) in [6.07, 6.45) is 4.08. The van der Waals surface area contributed by atoms with E-state index in [0.717, 1.165) is 47.7 Å². The zero-order valence-corrected chi connectivity index (χ0v) is 15.0. The van der Waals surface area contributed by atoms with Crippen LogP contribution < -0.4 is 10.6 Å². The second-order valence-corrected chi connectivity index (χ2v) is 6.77. The molecule has 2 amide bonds. The smallest absolute Gasteiger partial charge is 0.319 e. The molecule has 2 N–H and O–H groups in total. The van der Waals surface area contributed by atoms with E-state index < -0.39 is 0 Å². The molecule has 0 atom stereocenters. The molecule has 5 nitrogen and oxygen atoms in total. The molecule has 0 saturated carbocycles. The molecule has 3 aromatic rings. The number of imidazole rings is 1. The van der Waals surface area contributed by atoms with Gasteiger partial charge in [-0.2, -0.15) is 0 Å². The van der Waals surface area contributed by atoms with Crippen LogP contribution in [0.3, 0.4) is 0 Å². The molecular weight excluding hydrogens is 348 g/mol. The van der Waals surface area contributed by atoms with E-state index in [1.807, 2.05) is 54.7 Å². The molecule has 0 bridgehead atoms. The first-order valence-electron chi connectivity index (χ1n) is 8.63. The normalized spacial score (nSPS) is 12.7. The first-order chi connectivity index (χ1) is 12.7. The topological polar surface area (TPSA) is 59.0 Å². The van der Waals surface area contributed by atoms with Crippen LogP contribution in [0, 0.1) is 0 Å². The molecule has 1 aromatic heterocycles. The fourth-order valence-corrected chi connectivity index (χ4v) is 3.33. The van der Waals surface area contributed by atoms with Crippen molar-refractivity contribution in [1.82, 2.24) is 14.9 Å². The number of halogens is 1. The van der Waals surface area contributed by atoms with Gasteiger partial charge in [-0.15, -0.1) is 0 Å². The third kappa shape index (κ3) is 3.58. The van der Waals surface area contributed by atoms with Crippen molar-refractivity contribution in [2.24, 2.45) is 0 Å². The van der Waals surface area contributed by atoms with Crippen molar-refractivity contribution < 1.29 is 4.79 Å². The highest BCUT2D eigenvalue weighted by atomic mass is 35.5. The summed E-state index contributed by atoms with van der Waals surface area (Å²) in [6.45, 7) is 1.45. The van der Waals surface area contributed by atoms with Gasteiger partial charge < -0.3 is 15.2 Å². The lowest BCUT2D eigenvalue weighted by molar-refractivity contribution is 0.251. The molecule has 2 aromatic carbocycles. The van der Waals surface area contributed by atoms with Crippen LogP contribution in [0.5, 0.6) is 0 Å². The predicted molar refractivity (Wildman–Crippen MR) is 103 cm³/mol. The quantitative estimate of drug-likeness (QED) is 0.715. The highest BCUT2D eigenvalue weighted by molar-refractivity contribution is 6.30. The van der Waals surface area contributed by atoms with Crippen LogP contribution in [0.1, 0.15) is 17.8 Å². The van der Waals surface area contributed by atoms with Gasteiger partial charge in [0.1, 0.15) is 5.82 Å². The van der Waals surface area contributed by atoms with Gasteiger partial charge in [0.05, 0.1) is 11.9 Å². The maximum atomic E-state index is 12.2. The van der Waals surface area contributed by atoms with Crippen LogP contribution in [-0.2, 0) is 19.5 Å². The van der Waals surface area contributed by atoms with Crippen molar-refractivity contribution in [3.05, 3.63) is 71.1 Å². The molecule has 0 radical (unpaired) electrons. The highest BCUT2D eigenvalue weighted by Gasteiger charge is 2.16. The molecule has 1 aliphatic rings. The van der Waals surface area contributed by atoms with E-state index in [-0.39, 0.29) is 6.03 Å². The number of rotatable bonds is 4. The summed E-state index contributed by atoms with van der Waals surface area (Å²) < 4.78 is 2.25. The molecule has 0 fully saturated rings. The van der Waals surface area contributed by atoms with Crippen LogP contribution in [-0.4, -0.2) is 15.6 Å². The zero-order valence-electron chi connectivity index (χ0n) is 14.2. The molecule has 6 heteroatoms. The van der Waals surface area contributed by atoms with Gasteiger partial charge in [-0.1, -0.05) is 35.9 Å². The maximum absolute atomic E-state index is 12.2. The van der Waals surface area contributed by atoms with Crippen molar-refractivity contribution >= 4 is 23.3 Å². The summed E-state index contributed by atoms with van der Waals surface area (Å²) in [6, 6.07) is 15.0. The fraction of sp³-hybridized carbons (Fsp3) is 0.200. The molecule has 0 spiro atoms. The van der Waals surface area contributed by atoms with Gasteiger partial charge in [-0.05, 0) is 36.2 Å². The number of hydrogen-bond donors (Lipinski definition) is 2. The summed E-state index contributed by atoms with van der Waals surface area (Å²) in [5, 5.41) is 6.42. The first-order valence-corrected chi connectivity index (χ1v) is 9.01. The van der Waals surface area contributed by atoms with Crippen molar-refractivity contribution in [2.75, 3.05) is 5.32 Å². The lowest BCUT2D eigenvalue weighted by Crippen LogP contribution is -2.28. The van der Waals surface area contributed by atoms with Crippen LogP contribution in [0.15, 0.2) is 54.7 Å². The molecule has 132 valence electrons. The number of fused-ring (bicyclic) bond motifs is 1. The number of aryl methyl sites for hydroxylation is 1. The Labute approximate surface area is 157 Å². The molecule has 0 aliphatic carbocycles. The Hall–Kier alpha value is -2.79. The van der Waals surface area contributed by atoms with Gasteiger partial charge in [0.2, 0.25) is 0 Å². The van der Waals surface area contributed by atoms with E-state index >= 15 is 0 Å². The standard InChI is InChI=1S/C20H19ClN4O/c21-16-8-6-14(7-9-16)12-23-20(26)24-17-4-1-3-15(11-17)18-13-22-19-5-2-10-25(18)19/h1,3-4,6-9,11,13H,2,5,10,12H2,(H2,23,24,26). The fourth-order valence-electron chi connectivity index (χ4n) is 3.20. The second-order valence-electron chi connectivity index (χ2n) is 6.33. The number of aromatic nitrogens is 2. The van der Waals surface area contributed by atoms with Crippen molar-refractivity contribution in [3.8, 4) is 11.3 Å². The summed E-state index contributed by atoms with van der Waals surface area (Å²) in [5.74, 6) is 1.14. The maximum Gasteiger partial charge on any atom is 0.319 e. The Morgan fingerprint density at radius 3 is 2.88 bits per heavy atom. The van der Waals surface area contributed by atoms with E-state index in [1.165, 1.54) is 0 Å².